The number of aryl methyl sites for hydroxylation is 1. The van der Waals surface area contributed by atoms with Gasteiger partial charge in [-0.15, -0.1) is 11.3 Å². The standard InChI is InChI=1S/C25H26ClN3O3S/c1-16-22(33-24(28-16)18-8-10-20(26)11-9-18)23(30)27-14-17-5-4-12-29(15-17)21-7-3-6-19(13-21)25(31)32-2/h3,6-11,13,17H,4-5,12,14-15H2,1-2H3,(H,27,30). The van der Waals surface area contributed by atoms with Crippen molar-refractivity contribution in [3.8, 4) is 10.6 Å². The number of carbonyl (C=O) groups is 2. The van der Waals surface area contributed by atoms with Gasteiger partial charge in [0.1, 0.15) is 9.88 Å². The Bertz CT molecular complexity index is 1150. The van der Waals surface area contributed by atoms with Crippen molar-refractivity contribution in [2.75, 3.05) is 31.6 Å². The number of nitrogens with zero attached hydrogens (tertiary/aromatic N) is 2. The average molecular weight is 484 g/mol. The summed E-state index contributed by atoms with van der Waals surface area (Å²) in [5.74, 6) is -0.0981. The fourth-order valence-corrected chi connectivity index (χ4v) is 5.17. The normalized spacial score (nSPS) is 15.8. The van der Waals surface area contributed by atoms with Crippen LogP contribution in [0.2, 0.25) is 5.02 Å². The van der Waals surface area contributed by atoms with Crippen molar-refractivity contribution in [1.82, 2.24) is 10.3 Å². The number of esters is 1. The molecule has 0 radical (unpaired) electrons. The molecule has 1 aliphatic rings. The molecule has 1 N–H and O–H groups in total. The van der Waals surface area contributed by atoms with E-state index in [1.807, 2.05) is 49.4 Å². The SMILES string of the molecule is COC(=O)c1cccc(N2CCCC(CNC(=O)c3sc(-c4ccc(Cl)cc4)nc3C)C2)c1. The summed E-state index contributed by atoms with van der Waals surface area (Å²) in [6, 6.07) is 15.0. The largest absolute Gasteiger partial charge is 0.465 e. The Morgan fingerprint density at radius 2 is 2.03 bits per heavy atom. The smallest absolute Gasteiger partial charge is 0.337 e. The summed E-state index contributed by atoms with van der Waals surface area (Å²) >= 11 is 7.37. The number of anilines is 1. The second-order valence-electron chi connectivity index (χ2n) is 8.15. The molecule has 0 saturated carbocycles. The van der Waals surface area contributed by atoms with Gasteiger partial charge in [-0.25, -0.2) is 9.78 Å². The minimum atomic E-state index is -0.337. The molecule has 172 valence electrons. The number of hydrogen-bond acceptors (Lipinski definition) is 6. The van der Waals surface area contributed by atoms with E-state index in [-0.39, 0.29) is 11.9 Å². The molecule has 2 aromatic carbocycles. The van der Waals surface area contributed by atoms with E-state index in [2.05, 4.69) is 15.2 Å². The Kier molecular flexibility index (Phi) is 7.30. The predicted octanol–water partition coefficient (Wildman–Crippen LogP) is 5.20. The Morgan fingerprint density at radius 1 is 1.24 bits per heavy atom. The molecule has 1 amide bonds. The third-order valence-corrected chi connectivity index (χ3v) is 7.25. The van der Waals surface area contributed by atoms with E-state index in [4.69, 9.17) is 16.3 Å². The van der Waals surface area contributed by atoms with Gasteiger partial charge >= 0.3 is 5.97 Å². The molecule has 2 heterocycles. The monoisotopic (exact) mass is 483 g/mol. The van der Waals surface area contributed by atoms with Crippen molar-refractivity contribution in [1.29, 1.82) is 0 Å². The van der Waals surface area contributed by atoms with Crippen LogP contribution in [0.3, 0.4) is 0 Å². The summed E-state index contributed by atoms with van der Waals surface area (Å²) < 4.78 is 4.84. The lowest BCUT2D eigenvalue weighted by Gasteiger charge is -2.34. The summed E-state index contributed by atoms with van der Waals surface area (Å²) in [7, 11) is 1.39. The van der Waals surface area contributed by atoms with E-state index in [1.54, 1.807) is 6.07 Å². The molecule has 1 atom stereocenters. The molecule has 33 heavy (non-hydrogen) atoms. The maximum atomic E-state index is 12.9. The van der Waals surface area contributed by atoms with Crippen molar-refractivity contribution in [2.45, 2.75) is 19.8 Å². The van der Waals surface area contributed by atoms with Crippen molar-refractivity contribution < 1.29 is 14.3 Å². The quantitative estimate of drug-likeness (QED) is 0.487. The zero-order chi connectivity index (χ0) is 23.4. The molecule has 1 fully saturated rings. The van der Waals surface area contributed by atoms with Gasteiger partial charge in [-0.2, -0.15) is 0 Å². The minimum Gasteiger partial charge on any atom is -0.465 e. The predicted molar refractivity (Wildman–Crippen MR) is 132 cm³/mol. The summed E-state index contributed by atoms with van der Waals surface area (Å²) in [5.41, 5.74) is 3.22. The van der Waals surface area contributed by atoms with Gasteiger partial charge in [0.15, 0.2) is 0 Å². The number of hydrogen-bond donors (Lipinski definition) is 1. The lowest BCUT2D eigenvalue weighted by Crippen LogP contribution is -2.41. The van der Waals surface area contributed by atoms with E-state index in [0.717, 1.165) is 47.9 Å². The van der Waals surface area contributed by atoms with Crippen molar-refractivity contribution in [3.05, 3.63) is 69.7 Å². The molecular formula is C25H26ClN3O3S. The van der Waals surface area contributed by atoms with Crippen LogP contribution in [0.15, 0.2) is 48.5 Å². The maximum absolute atomic E-state index is 12.9. The highest BCUT2D eigenvalue weighted by molar-refractivity contribution is 7.17. The third-order valence-electron chi connectivity index (χ3n) is 5.80. The van der Waals surface area contributed by atoms with Gasteiger partial charge in [0, 0.05) is 35.9 Å². The molecule has 0 aliphatic carbocycles. The minimum absolute atomic E-state index is 0.0879. The number of amides is 1. The first-order chi connectivity index (χ1) is 15.9. The molecular weight excluding hydrogens is 458 g/mol. The zero-order valence-corrected chi connectivity index (χ0v) is 20.2. The molecule has 4 rings (SSSR count). The van der Waals surface area contributed by atoms with E-state index >= 15 is 0 Å². The highest BCUT2D eigenvalue weighted by Crippen LogP contribution is 2.29. The molecule has 1 aromatic heterocycles. The lowest BCUT2D eigenvalue weighted by atomic mass is 9.97. The van der Waals surface area contributed by atoms with Gasteiger partial charge < -0.3 is 15.0 Å². The molecule has 3 aromatic rings. The molecule has 0 bridgehead atoms. The maximum Gasteiger partial charge on any atom is 0.337 e. The van der Waals surface area contributed by atoms with E-state index in [9.17, 15) is 9.59 Å². The summed E-state index contributed by atoms with van der Waals surface area (Å²) in [6.07, 6.45) is 2.08. The van der Waals surface area contributed by atoms with Crippen LogP contribution >= 0.6 is 22.9 Å². The van der Waals surface area contributed by atoms with Crippen molar-refractivity contribution >= 4 is 40.5 Å². The van der Waals surface area contributed by atoms with Gasteiger partial charge in [-0.05, 0) is 56.0 Å². The zero-order valence-electron chi connectivity index (χ0n) is 18.6. The number of aromatic nitrogens is 1. The lowest BCUT2D eigenvalue weighted by molar-refractivity contribution is 0.0600. The van der Waals surface area contributed by atoms with Crippen LogP contribution in [0.25, 0.3) is 10.6 Å². The number of halogens is 1. The number of ether oxygens (including phenoxy) is 1. The van der Waals surface area contributed by atoms with Gasteiger partial charge in [0.05, 0.1) is 18.4 Å². The Morgan fingerprint density at radius 3 is 2.79 bits per heavy atom. The highest BCUT2D eigenvalue weighted by atomic mass is 35.5. The van der Waals surface area contributed by atoms with Gasteiger partial charge in [0.2, 0.25) is 0 Å². The molecule has 0 spiro atoms. The van der Waals surface area contributed by atoms with Crippen LogP contribution in [0.4, 0.5) is 5.69 Å². The first-order valence-electron chi connectivity index (χ1n) is 10.9. The van der Waals surface area contributed by atoms with Crippen LogP contribution in [0.1, 0.15) is 38.6 Å². The molecule has 1 unspecified atom stereocenters. The summed E-state index contributed by atoms with van der Waals surface area (Å²) in [5, 5.41) is 4.58. The second-order valence-corrected chi connectivity index (χ2v) is 9.58. The molecule has 1 saturated heterocycles. The number of methoxy groups -OCH3 is 1. The van der Waals surface area contributed by atoms with Crippen molar-refractivity contribution in [3.63, 3.8) is 0 Å². The fourth-order valence-electron chi connectivity index (χ4n) is 4.05. The fraction of sp³-hybridized carbons (Fsp3) is 0.320. The van der Waals surface area contributed by atoms with Crippen molar-refractivity contribution in [2.24, 2.45) is 5.92 Å². The third kappa shape index (κ3) is 5.54. The van der Waals surface area contributed by atoms with Gasteiger partial charge in [0.25, 0.3) is 5.91 Å². The number of piperidine rings is 1. The Balaban J connectivity index is 1.38. The van der Waals surface area contributed by atoms with Crippen LogP contribution in [-0.4, -0.2) is 43.6 Å². The average Bonchev–Trinajstić information content (AvgIpc) is 3.24. The van der Waals surface area contributed by atoms with E-state index < -0.39 is 0 Å². The Hall–Kier alpha value is -2.90. The second kappa shape index (κ2) is 10.4. The first kappa shape index (κ1) is 23.3. The summed E-state index contributed by atoms with van der Waals surface area (Å²) in [6.45, 7) is 4.21. The molecule has 6 nitrogen and oxygen atoms in total. The van der Waals surface area contributed by atoms with E-state index in [0.29, 0.717) is 27.9 Å². The van der Waals surface area contributed by atoms with Gasteiger partial charge in [-0.3, -0.25) is 4.79 Å². The summed E-state index contributed by atoms with van der Waals surface area (Å²) in [4.78, 5) is 32.2. The van der Waals surface area contributed by atoms with Crippen LogP contribution in [0.5, 0.6) is 0 Å². The number of nitrogens with one attached hydrogen (secondary N) is 1. The van der Waals surface area contributed by atoms with Gasteiger partial charge in [-0.1, -0.05) is 29.8 Å². The van der Waals surface area contributed by atoms with Crippen LogP contribution < -0.4 is 10.2 Å². The molecule has 1 aliphatic heterocycles. The number of rotatable bonds is 6. The Labute approximate surface area is 202 Å². The first-order valence-corrected chi connectivity index (χ1v) is 12.1. The topological polar surface area (TPSA) is 71.5 Å². The van der Waals surface area contributed by atoms with E-state index in [1.165, 1.54) is 18.4 Å². The molecule has 8 heteroatoms. The van der Waals surface area contributed by atoms with Crippen LogP contribution in [0, 0.1) is 12.8 Å². The van der Waals surface area contributed by atoms with Crippen LogP contribution in [-0.2, 0) is 4.74 Å². The number of thiazole rings is 1. The highest BCUT2D eigenvalue weighted by Gasteiger charge is 2.23. The number of benzene rings is 2. The number of carbonyl (C=O) groups excluding carboxylic acids is 2.